The van der Waals surface area contributed by atoms with E-state index in [1.54, 1.807) is 44.2 Å². The van der Waals surface area contributed by atoms with E-state index in [2.05, 4.69) is 26.6 Å². The first-order valence-electron chi connectivity index (χ1n) is 10.6. The summed E-state index contributed by atoms with van der Waals surface area (Å²) in [7, 11) is 1.27. The number of halogens is 3. The minimum Gasteiger partial charge on any atom is -0.467 e. The lowest BCUT2D eigenvalue weighted by atomic mass is 10.0. The van der Waals surface area contributed by atoms with E-state index >= 15 is 0 Å². The Balaban J connectivity index is 2.14. The van der Waals surface area contributed by atoms with Crippen LogP contribution in [0.1, 0.15) is 33.3 Å². The summed E-state index contributed by atoms with van der Waals surface area (Å²) in [6.07, 6.45) is -0.0320. The zero-order valence-electron chi connectivity index (χ0n) is 19.5. The second-order valence-electron chi connectivity index (χ2n) is 8.27. The molecule has 0 saturated carbocycles. The van der Waals surface area contributed by atoms with Crippen molar-refractivity contribution in [3.05, 3.63) is 50.4 Å². The molecule has 0 aliphatic heterocycles. The lowest BCUT2D eigenvalue weighted by Crippen LogP contribution is -2.45. The maximum absolute atomic E-state index is 12.5. The van der Waals surface area contributed by atoms with E-state index in [4.69, 9.17) is 32.7 Å². The second kappa shape index (κ2) is 12.4. The van der Waals surface area contributed by atoms with Crippen LogP contribution >= 0.6 is 39.1 Å². The third kappa shape index (κ3) is 7.61. The van der Waals surface area contributed by atoms with Gasteiger partial charge in [0, 0.05) is 10.4 Å². The summed E-state index contributed by atoms with van der Waals surface area (Å²) < 4.78 is 11.2. The SMILES string of the molecule is COC(=O)[C@@H](NC(=O)Cc1cc(Cl)c(Oc2ccc(NC(=O)C(C)C)c(Br)c2)c(Cl)c1)C(C)C. The maximum atomic E-state index is 12.5. The van der Waals surface area contributed by atoms with Crippen LogP contribution in [-0.2, 0) is 25.5 Å². The molecule has 0 fully saturated rings. The van der Waals surface area contributed by atoms with Gasteiger partial charge in [0.15, 0.2) is 5.75 Å². The zero-order chi connectivity index (χ0) is 25.6. The Morgan fingerprint density at radius 1 is 1.03 bits per heavy atom. The zero-order valence-corrected chi connectivity index (χ0v) is 22.6. The van der Waals surface area contributed by atoms with Gasteiger partial charge in [0.1, 0.15) is 11.8 Å². The van der Waals surface area contributed by atoms with Gasteiger partial charge in [-0.2, -0.15) is 0 Å². The number of carbonyl (C=O) groups is 3. The molecule has 0 saturated heterocycles. The molecule has 10 heteroatoms. The predicted octanol–water partition coefficient (Wildman–Crippen LogP) is 6.00. The van der Waals surface area contributed by atoms with Crippen molar-refractivity contribution in [2.45, 2.75) is 40.2 Å². The van der Waals surface area contributed by atoms with Crippen molar-refractivity contribution in [1.82, 2.24) is 5.32 Å². The number of hydrogen-bond donors (Lipinski definition) is 2. The minimum atomic E-state index is -0.752. The summed E-state index contributed by atoms with van der Waals surface area (Å²) in [4.78, 5) is 36.3. The summed E-state index contributed by atoms with van der Waals surface area (Å²) in [5.41, 5.74) is 1.16. The minimum absolute atomic E-state index is 0.0320. The lowest BCUT2D eigenvalue weighted by molar-refractivity contribution is -0.146. The number of hydrogen-bond acceptors (Lipinski definition) is 5. The Bertz CT molecular complexity index is 1050. The van der Waals surface area contributed by atoms with E-state index < -0.39 is 12.0 Å². The van der Waals surface area contributed by atoms with Crippen molar-refractivity contribution in [2.24, 2.45) is 11.8 Å². The molecule has 0 unspecified atom stereocenters. The van der Waals surface area contributed by atoms with Crippen molar-refractivity contribution in [1.29, 1.82) is 0 Å². The van der Waals surface area contributed by atoms with Crippen molar-refractivity contribution < 1.29 is 23.9 Å². The van der Waals surface area contributed by atoms with Gasteiger partial charge in [0.05, 0.1) is 29.3 Å². The van der Waals surface area contributed by atoms with Crippen molar-refractivity contribution in [2.75, 3.05) is 12.4 Å². The van der Waals surface area contributed by atoms with Crippen LogP contribution in [0.4, 0.5) is 5.69 Å². The van der Waals surface area contributed by atoms with Crippen LogP contribution in [0.3, 0.4) is 0 Å². The molecule has 0 aromatic heterocycles. The Labute approximate surface area is 217 Å². The average Bonchev–Trinajstić information content (AvgIpc) is 2.75. The molecule has 0 heterocycles. The molecule has 2 N–H and O–H groups in total. The van der Waals surface area contributed by atoms with Gasteiger partial charge < -0.3 is 20.1 Å². The number of methoxy groups -OCH3 is 1. The van der Waals surface area contributed by atoms with Crippen LogP contribution in [-0.4, -0.2) is 30.9 Å². The third-order valence-corrected chi connectivity index (χ3v) is 6.02. The largest absolute Gasteiger partial charge is 0.467 e. The van der Waals surface area contributed by atoms with Crippen LogP contribution in [0.2, 0.25) is 10.0 Å². The summed E-state index contributed by atoms with van der Waals surface area (Å²) >= 11 is 16.2. The molecule has 34 heavy (non-hydrogen) atoms. The molecule has 2 rings (SSSR count). The molecular weight excluding hydrogens is 547 g/mol. The highest BCUT2D eigenvalue weighted by Crippen LogP contribution is 2.39. The monoisotopic (exact) mass is 572 g/mol. The molecule has 7 nitrogen and oxygen atoms in total. The molecule has 1 atom stereocenters. The van der Waals surface area contributed by atoms with E-state index in [9.17, 15) is 14.4 Å². The first-order chi connectivity index (χ1) is 15.9. The highest BCUT2D eigenvalue weighted by molar-refractivity contribution is 9.10. The Morgan fingerprint density at radius 3 is 2.15 bits per heavy atom. The molecule has 0 aliphatic rings. The highest BCUT2D eigenvalue weighted by atomic mass is 79.9. The number of amides is 2. The predicted molar refractivity (Wildman–Crippen MR) is 137 cm³/mol. The molecule has 0 bridgehead atoms. The van der Waals surface area contributed by atoms with E-state index in [0.717, 1.165) is 0 Å². The number of benzene rings is 2. The van der Waals surface area contributed by atoms with Crippen LogP contribution < -0.4 is 15.4 Å². The van der Waals surface area contributed by atoms with Gasteiger partial charge in [-0.1, -0.05) is 50.9 Å². The summed E-state index contributed by atoms with van der Waals surface area (Å²) in [5.74, 6) is -0.598. The smallest absolute Gasteiger partial charge is 0.328 e. The van der Waals surface area contributed by atoms with Gasteiger partial charge in [0.25, 0.3) is 0 Å². The van der Waals surface area contributed by atoms with Crippen LogP contribution in [0.25, 0.3) is 0 Å². The summed E-state index contributed by atoms with van der Waals surface area (Å²) in [6.45, 7) is 7.23. The molecule has 0 radical (unpaired) electrons. The van der Waals surface area contributed by atoms with Crippen LogP contribution in [0.5, 0.6) is 11.5 Å². The Kier molecular flexibility index (Phi) is 10.2. The van der Waals surface area contributed by atoms with Gasteiger partial charge >= 0.3 is 5.97 Å². The van der Waals surface area contributed by atoms with E-state index in [1.165, 1.54) is 7.11 Å². The normalized spacial score (nSPS) is 11.8. The quantitative estimate of drug-likeness (QED) is 0.359. The number of rotatable bonds is 9. The van der Waals surface area contributed by atoms with Crippen LogP contribution in [0.15, 0.2) is 34.8 Å². The number of ether oxygens (including phenoxy) is 2. The number of carbonyl (C=O) groups excluding carboxylic acids is 3. The fourth-order valence-electron chi connectivity index (χ4n) is 2.90. The van der Waals surface area contributed by atoms with E-state index in [-0.39, 0.29) is 45.9 Å². The van der Waals surface area contributed by atoms with Gasteiger partial charge in [0.2, 0.25) is 11.8 Å². The molecule has 184 valence electrons. The van der Waals surface area contributed by atoms with E-state index in [0.29, 0.717) is 21.5 Å². The highest BCUT2D eigenvalue weighted by Gasteiger charge is 2.25. The van der Waals surface area contributed by atoms with Crippen LogP contribution in [0, 0.1) is 11.8 Å². The molecule has 0 spiro atoms. The van der Waals surface area contributed by atoms with Crippen molar-refractivity contribution >= 4 is 62.6 Å². The molecule has 0 aliphatic carbocycles. The Hall–Kier alpha value is -2.29. The third-order valence-electron chi connectivity index (χ3n) is 4.80. The number of nitrogens with one attached hydrogen (secondary N) is 2. The van der Waals surface area contributed by atoms with Gasteiger partial charge in [-0.05, 0) is 57.7 Å². The lowest BCUT2D eigenvalue weighted by Gasteiger charge is -2.20. The second-order valence-corrected chi connectivity index (χ2v) is 9.93. The van der Waals surface area contributed by atoms with Gasteiger partial charge in [-0.15, -0.1) is 0 Å². The fraction of sp³-hybridized carbons (Fsp3) is 0.375. The summed E-state index contributed by atoms with van der Waals surface area (Å²) in [6, 6.07) is 7.47. The van der Waals surface area contributed by atoms with E-state index in [1.807, 2.05) is 13.8 Å². The van der Waals surface area contributed by atoms with Gasteiger partial charge in [-0.25, -0.2) is 4.79 Å². The molecular formula is C24H27BrCl2N2O5. The Morgan fingerprint density at radius 2 is 1.65 bits per heavy atom. The summed E-state index contributed by atoms with van der Waals surface area (Å²) in [5, 5.41) is 5.93. The molecule has 2 amide bonds. The molecule has 2 aromatic carbocycles. The average molecular weight is 574 g/mol. The standard InChI is InChI=1S/C24H27BrCl2N2O5/c1-12(2)21(24(32)33-5)29-20(30)10-14-8-17(26)22(18(27)9-14)34-15-6-7-19(16(25)11-15)28-23(31)13(3)4/h6-9,11-13,21H,10H2,1-5H3,(H,28,31)(H,29,30)/t21-/m0/s1. The topological polar surface area (TPSA) is 93.7 Å². The number of esters is 1. The maximum Gasteiger partial charge on any atom is 0.328 e. The first kappa shape index (κ1) is 28.0. The molecule has 2 aromatic rings. The first-order valence-corrected chi connectivity index (χ1v) is 12.1. The van der Waals surface area contributed by atoms with Crippen molar-refractivity contribution in [3.8, 4) is 11.5 Å². The fourth-order valence-corrected chi connectivity index (χ4v) is 3.97. The van der Waals surface area contributed by atoms with Crippen molar-refractivity contribution in [3.63, 3.8) is 0 Å². The number of anilines is 1. The van der Waals surface area contributed by atoms with Gasteiger partial charge in [-0.3, -0.25) is 9.59 Å².